The molecule has 0 amide bonds. The second kappa shape index (κ2) is 44.9. The number of halogens is 2. The van der Waals surface area contributed by atoms with Crippen molar-refractivity contribution in [3.8, 4) is 12.1 Å². The molecule has 392 valence electrons. The van der Waals surface area contributed by atoms with E-state index in [1.165, 1.54) is 18.5 Å². The van der Waals surface area contributed by atoms with Crippen molar-refractivity contribution in [1.29, 1.82) is 10.5 Å². The van der Waals surface area contributed by atoms with Crippen molar-refractivity contribution >= 4 is 18.0 Å². The summed E-state index contributed by atoms with van der Waals surface area (Å²) in [4.78, 5) is 50.2. The Bertz CT molecular complexity index is 1800. The summed E-state index contributed by atoms with van der Waals surface area (Å²) < 4.78 is 60.4. The summed E-state index contributed by atoms with van der Waals surface area (Å²) >= 11 is 0. The van der Waals surface area contributed by atoms with Gasteiger partial charge in [0.15, 0.2) is 24.8 Å². The number of aliphatic hydroxyl groups is 1. The Kier molecular flexibility index (Phi) is 49.5. The molecular weight excluding hydrogens is 1000 g/mol. The van der Waals surface area contributed by atoms with Crippen LogP contribution in [0.5, 0.6) is 0 Å². The molecule has 2 saturated heterocycles. The van der Waals surface area contributed by atoms with Crippen LogP contribution < -0.4 is 22.5 Å². The van der Waals surface area contributed by atoms with Crippen LogP contribution in [0.3, 0.4) is 0 Å². The SMILES string of the molecule is CC[C@H]1O[C@@H](n2ccc(=O)[nH]c2=O)C(O)[C@H]1F.CC[C@H]1O[C@@H](n2ccc(=O)[nH]c2=O)C(OP(OCCC#N)N(C(C)C)C(C)C)[C@H]1F.N#CCCOP.[CH2-]CC.[CH2-]CC.[CH2-]CC.[CH2-]CC.[Ni+2].[Ni+2]. The third-order valence-electron chi connectivity index (χ3n) is 7.81. The molecule has 3 N–H and O–H groups in total. The number of alkyl halides is 2. The van der Waals surface area contributed by atoms with Crippen molar-refractivity contribution in [3.63, 3.8) is 0 Å². The van der Waals surface area contributed by atoms with E-state index in [-0.39, 0.29) is 58.1 Å². The van der Waals surface area contributed by atoms with Crippen LogP contribution in [0.15, 0.2) is 43.7 Å². The number of rotatable bonds is 14. The Morgan fingerprint density at radius 1 is 0.761 bits per heavy atom. The Hall–Kier alpha value is -2.23. The van der Waals surface area contributed by atoms with Crippen LogP contribution in [-0.2, 0) is 56.0 Å². The first kappa shape index (κ1) is 73.7. The summed E-state index contributed by atoms with van der Waals surface area (Å²) in [5.41, 5.74) is -2.54. The molecule has 67 heavy (non-hydrogen) atoms. The van der Waals surface area contributed by atoms with Crippen LogP contribution in [0, 0.1) is 50.4 Å². The van der Waals surface area contributed by atoms with Gasteiger partial charge in [-0.15, -0.1) is 0 Å². The van der Waals surface area contributed by atoms with Crippen LogP contribution in [0.4, 0.5) is 8.78 Å². The Labute approximate surface area is 421 Å². The molecule has 4 rings (SSSR count). The molecule has 0 radical (unpaired) electrons. The fraction of sp³-hybridized carbons (Fsp3) is 0.682. The zero-order chi connectivity index (χ0) is 50.7. The average Bonchev–Trinajstić information content (AvgIpc) is 3.71. The number of nitriles is 2. The van der Waals surface area contributed by atoms with Gasteiger partial charge in [-0.1, -0.05) is 41.5 Å². The molecule has 0 spiro atoms. The molecular formula is C44H77F2N7Ni2O10P2. The quantitative estimate of drug-likeness (QED) is 0.0706. The molecule has 2 aromatic rings. The van der Waals surface area contributed by atoms with Crippen molar-refractivity contribution in [2.75, 3.05) is 13.2 Å². The molecule has 4 unspecified atom stereocenters. The van der Waals surface area contributed by atoms with E-state index in [0.29, 0.717) is 25.9 Å². The zero-order valence-corrected chi connectivity index (χ0v) is 44.8. The van der Waals surface area contributed by atoms with E-state index in [9.17, 15) is 28.7 Å². The Morgan fingerprint density at radius 3 is 1.46 bits per heavy atom. The van der Waals surface area contributed by atoms with Crippen molar-refractivity contribution in [3.05, 3.63) is 93.9 Å². The Morgan fingerprint density at radius 2 is 1.13 bits per heavy atom. The minimum Gasteiger partial charge on any atom is -0.385 e. The van der Waals surface area contributed by atoms with Crippen LogP contribution in [0.2, 0.25) is 0 Å². The largest absolute Gasteiger partial charge is 2.00 e. The van der Waals surface area contributed by atoms with Crippen molar-refractivity contribution in [1.82, 2.24) is 23.8 Å². The summed E-state index contributed by atoms with van der Waals surface area (Å²) in [5, 5.41) is 26.4. The monoisotopic (exact) mass is 1080 g/mol. The Balaban J connectivity index is -0.000000290. The molecule has 0 aromatic carbocycles. The second-order valence-electron chi connectivity index (χ2n) is 14.3. The molecule has 10 atom stereocenters. The van der Waals surface area contributed by atoms with Crippen LogP contribution >= 0.6 is 18.0 Å². The first-order valence-corrected chi connectivity index (χ1v) is 23.4. The minimum atomic E-state index is -1.73. The molecule has 2 aliphatic rings. The smallest absolute Gasteiger partial charge is 0.385 e. The molecule has 4 heterocycles. The molecule has 23 heteroatoms. The van der Waals surface area contributed by atoms with Gasteiger partial charge in [0.2, 0.25) is 0 Å². The third kappa shape index (κ3) is 28.9. The number of aromatic amines is 2. The van der Waals surface area contributed by atoms with Gasteiger partial charge in [0, 0.05) is 46.1 Å². The van der Waals surface area contributed by atoms with E-state index in [1.807, 2.05) is 77.2 Å². The first-order valence-electron chi connectivity index (χ1n) is 21.8. The van der Waals surface area contributed by atoms with Gasteiger partial charge in [0.1, 0.15) is 12.2 Å². The predicted octanol–water partition coefficient (Wildman–Crippen LogP) is 8.01. The number of hydrogen-bond donors (Lipinski definition) is 3. The fourth-order valence-electron chi connectivity index (χ4n) is 5.38. The van der Waals surface area contributed by atoms with Gasteiger partial charge in [0.25, 0.3) is 19.6 Å². The number of ether oxygens (including phenoxy) is 2. The van der Waals surface area contributed by atoms with Crippen molar-refractivity contribution < 1.29 is 69.9 Å². The summed E-state index contributed by atoms with van der Waals surface area (Å²) in [6.07, 6.45) is -1.34. The number of aromatic nitrogens is 4. The van der Waals surface area contributed by atoms with E-state index in [4.69, 9.17) is 29.0 Å². The van der Waals surface area contributed by atoms with Gasteiger partial charge in [-0.25, -0.2) is 23.0 Å². The molecule has 2 fully saturated rings. The average molecular weight is 1080 g/mol. The molecule has 2 aliphatic heterocycles. The van der Waals surface area contributed by atoms with Crippen LogP contribution in [-0.4, -0.2) is 90.9 Å². The van der Waals surface area contributed by atoms with Gasteiger partial charge >= 0.3 is 44.4 Å². The molecule has 17 nitrogen and oxygen atoms in total. The van der Waals surface area contributed by atoms with Crippen LogP contribution in [0.25, 0.3) is 0 Å². The summed E-state index contributed by atoms with van der Waals surface area (Å²) in [6, 6.07) is 6.31. The van der Waals surface area contributed by atoms with Crippen molar-refractivity contribution in [2.45, 2.75) is 182 Å². The van der Waals surface area contributed by atoms with Gasteiger partial charge in [-0.3, -0.25) is 28.7 Å². The van der Waals surface area contributed by atoms with Crippen LogP contribution in [0.1, 0.15) is 133 Å². The maximum absolute atomic E-state index is 15.3. The molecule has 0 bridgehead atoms. The number of nitrogens with zero attached hydrogens (tertiary/aromatic N) is 5. The zero-order valence-electron chi connectivity index (χ0n) is 40.8. The fourth-order valence-corrected chi connectivity index (χ4v) is 7.23. The number of nitrogens with one attached hydrogen (secondary N) is 2. The van der Waals surface area contributed by atoms with Gasteiger partial charge in [-0.2, -0.15) is 36.2 Å². The third-order valence-corrected chi connectivity index (χ3v) is 10.2. The predicted molar refractivity (Wildman–Crippen MR) is 255 cm³/mol. The minimum absolute atomic E-state index is 0. The second-order valence-corrected chi connectivity index (χ2v) is 16.0. The molecule has 2 aromatic heterocycles. The topological polar surface area (TPSA) is 227 Å². The normalized spacial score (nSPS) is 21.4. The van der Waals surface area contributed by atoms with E-state index in [2.05, 4.69) is 46.7 Å². The van der Waals surface area contributed by atoms with E-state index in [0.717, 1.165) is 40.9 Å². The summed E-state index contributed by atoms with van der Waals surface area (Å²) in [7, 11) is 0.344. The number of hydrogen-bond acceptors (Lipinski definition) is 13. The summed E-state index contributed by atoms with van der Waals surface area (Å²) in [5.74, 6) is 0. The van der Waals surface area contributed by atoms with E-state index >= 15 is 4.39 Å². The van der Waals surface area contributed by atoms with E-state index in [1.54, 1.807) is 13.8 Å². The maximum Gasteiger partial charge on any atom is 2.00 e. The first-order chi connectivity index (χ1) is 30.8. The maximum atomic E-state index is 15.3. The van der Waals surface area contributed by atoms with Gasteiger partial charge < -0.3 is 55.8 Å². The number of H-pyrrole nitrogens is 2. The number of aliphatic hydroxyl groups excluding tert-OH is 1. The standard InChI is InChI=1S/C19H30FN4O5P.C10H13FN2O4.C3H6NOP.4C3H7.2Ni/c1-6-14-16(20)17(18(28-14)23-10-8-15(25)22-19(23)26)29-30(27-11-7-9-21)24(12(2)3)13(4)5;1-2-5-7(11)8(15)9(17-5)13-4-3-6(14)12-10(13)16;4-2-1-3-5-6;4*1-3-2;;/h8,10,12-14,16-18H,6-7,11H2,1-5H3,(H,22,25,26);3-5,7-9,15H,2H2,1H3,(H,12,14,16);1,3,6H2;4*1,3H2,2H3;;/q;;;4*-1;2*+2/t14-,16+,17?,18-,30?;5-,7+,8?,9-;;;;;;;/m11......./s1. The molecule has 0 aliphatic carbocycles. The van der Waals surface area contributed by atoms with Gasteiger partial charge in [-0.05, 0) is 40.5 Å². The molecule has 0 saturated carbocycles. The summed E-state index contributed by atoms with van der Waals surface area (Å²) in [6.45, 7) is 34.1. The van der Waals surface area contributed by atoms with Gasteiger partial charge in [0.05, 0.1) is 50.4 Å². The van der Waals surface area contributed by atoms with E-state index < -0.39 is 80.2 Å². The van der Waals surface area contributed by atoms with Crippen molar-refractivity contribution in [2.24, 2.45) is 0 Å².